The predicted molar refractivity (Wildman–Crippen MR) is 141 cm³/mol. The van der Waals surface area contributed by atoms with Gasteiger partial charge < -0.3 is 34.5 Å². The van der Waals surface area contributed by atoms with Crippen LogP contribution < -0.4 is 20.5 Å². The summed E-state index contributed by atoms with van der Waals surface area (Å²) in [6.45, 7) is 1.44. The van der Waals surface area contributed by atoms with Crippen LogP contribution in [-0.4, -0.2) is 50.2 Å². The van der Waals surface area contributed by atoms with Gasteiger partial charge in [-0.1, -0.05) is 12.8 Å². The lowest BCUT2D eigenvalue weighted by atomic mass is 10.1. The molecule has 2 aromatic carbocycles. The highest BCUT2D eigenvalue weighted by molar-refractivity contribution is 5.93. The first-order chi connectivity index (χ1) is 17.8. The van der Waals surface area contributed by atoms with Gasteiger partial charge in [-0.05, 0) is 50.2 Å². The number of methoxy groups -OCH3 is 1. The standard InChI is InChI=1S/C26H29N3O5.CH5N/c1-31-13-14-34-25-17-22-21(16-24(25)32-11-6-4-2-3-5-10-30)26(28-18-27-22)29-20-7-8-23-19(15-20)9-12-33-23;1-2/h7-10,12,15-18H,2-6,11,13-14H2,1H3,(H,27,28,29);2H2,1H3. The van der Waals surface area contributed by atoms with Crippen molar-refractivity contribution in [1.29, 1.82) is 0 Å². The number of ether oxygens (including phenoxy) is 3. The number of benzene rings is 2. The quantitative estimate of drug-likeness (QED) is 0.179. The molecule has 0 aliphatic heterocycles. The summed E-state index contributed by atoms with van der Waals surface area (Å²) < 4.78 is 22.6. The molecule has 9 nitrogen and oxygen atoms in total. The average Bonchev–Trinajstić information content (AvgIpc) is 3.38. The van der Waals surface area contributed by atoms with Gasteiger partial charge in [0.25, 0.3) is 0 Å². The van der Waals surface area contributed by atoms with Gasteiger partial charge in [0.05, 0.1) is 25.0 Å². The van der Waals surface area contributed by atoms with Crippen LogP contribution in [0.15, 0.2) is 53.4 Å². The number of aldehydes is 1. The minimum absolute atomic E-state index is 0.408. The molecular formula is C27H34N4O5. The topological polar surface area (TPSA) is 122 Å². The Morgan fingerprint density at radius 2 is 1.75 bits per heavy atom. The van der Waals surface area contributed by atoms with E-state index in [9.17, 15) is 4.79 Å². The summed E-state index contributed by atoms with van der Waals surface area (Å²) in [5.41, 5.74) is 6.97. The maximum absolute atomic E-state index is 10.5. The maximum Gasteiger partial charge on any atom is 0.163 e. The molecule has 4 rings (SSSR count). The van der Waals surface area contributed by atoms with Crippen LogP contribution in [0.2, 0.25) is 0 Å². The number of furan rings is 1. The summed E-state index contributed by atoms with van der Waals surface area (Å²) in [5.74, 6) is 1.93. The first-order valence-electron chi connectivity index (χ1n) is 12.1. The molecule has 36 heavy (non-hydrogen) atoms. The fourth-order valence-corrected chi connectivity index (χ4v) is 3.67. The van der Waals surface area contributed by atoms with E-state index in [-0.39, 0.29) is 0 Å². The summed E-state index contributed by atoms with van der Waals surface area (Å²) in [6, 6.07) is 11.6. The van der Waals surface area contributed by atoms with E-state index in [1.165, 1.54) is 13.4 Å². The molecule has 0 fully saturated rings. The Hall–Kier alpha value is -3.69. The van der Waals surface area contributed by atoms with Crippen LogP contribution in [-0.2, 0) is 9.53 Å². The zero-order valence-electron chi connectivity index (χ0n) is 20.9. The highest BCUT2D eigenvalue weighted by atomic mass is 16.5. The molecular weight excluding hydrogens is 460 g/mol. The van der Waals surface area contributed by atoms with Gasteiger partial charge in [-0.25, -0.2) is 9.97 Å². The number of unbranched alkanes of at least 4 members (excludes halogenated alkanes) is 4. The van der Waals surface area contributed by atoms with E-state index in [2.05, 4.69) is 21.0 Å². The van der Waals surface area contributed by atoms with Gasteiger partial charge in [-0.3, -0.25) is 0 Å². The zero-order chi connectivity index (χ0) is 25.6. The Kier molecular flexibility index (Phi) is 10.9. The van der Waals surface area contributed by atoms with Crippen molar-refractivity contribution in [1.82, 2.24) is 9.97 Å². The van der Waals surface area contributed by atoms with E-state index in [0.29, 0.717) is 43.6 Å². The van der Waals surface area contributed by atoms with E-state index in [4.69, 9.17) is 18.6 Å². The third kappa shape index (κ3) is 7.40. The first kappa shape index (κ1) is 26.9. The molecule has 0 unspecified atom stereocenters. The molecule has 3 N–H and O–H groups in total. The third-order valence-corrected chi connectivity index (χ3v) is 5.43. The lowest BCUT2D eigenvalue weighted by molar-refractivity contribution is -0.107. The second-order valence-corrected chi connectivity index (χ2v) is 7.90. The lowest BCUT2D eigenvalue weighted by Gasteiger charge is -2.15. The molecule has 0 amide bonds. The largest absolute Gasteiger partial charge is 0.490 e. The van der Waals surface area contributed by atoms with Crippen LogP contribution in [0.4, 0.5) is 11.5 Å². The van der Waals surface area contributed by atoms with Crippen molar-refractivity contribution < 1.29 is 23.4 Å². The normalized spacial score (nSPS) is 10.6. The molecule has 0 atom stereocenters. The Balaban J connectivity index is 0.00000176. The molecule has 0 saturated carbocycles. The summed E-state index contributed by atoms with van der Waals surface area (Å²) in [4.78, 5) is 19.3. The van der Waals surface area contributed by atoms with E-state index in [1.807, 2.05) is 36.4 Å². The smallest absolute Gasteiger partial charge is 0.163 e. The molecule has 192 valence electrons. The van der Waals surface area contributed by atoms with E-state index in [0.717, 1.165) is 59.5 Å². The highest BCUT2D eigenvalue weighted by Gasteiger charge is 2.13. The molecule has 0 radical (unpaired) electrons. The summed E-state index contributed by atoms with van der Waals surface area (Å²) in [6.07, 6.45) is 8.62. The average molecular weight is 495 g/mol. The van der Waals surface area contributed by atoms with E-state index in [1.54, 1.807) is 13.4 Å². The van der Waals surface area contributed by atoms with Gasteiger partial charge >= 0.3 is 0 Å². The number of hydrogen-bond donors (Lipinski definition) is 2. The predicted octanol–water partition coefficient (Wildman–Crippen LogP) is 5.25. The fraction of sp³-hybridized carbons (Fsp3) is 0.370. The van der Waals surface area contributed by atoms with Gasteiger partial charge in [0, 0.05) is 36.1 Å². The number of nitrogens with one attached hydrogen (secondary N) is 1. The first-order valence-corrected chi connectivity index (χ1v) is 12.1. The van der Waals surface area contributed by atoms with Crippen molar-refractivity contribution in [2.75, 3.05) is 39.3 Å². The number of hydrogen-bond acceptors (Lipinski definition) is 9. The van der Waals surface area contributed by atoms with Crippen LogP contribution in [0, 0.1) is 0 Å². The summed E-state index contributed by atoms with van der Waals surface area (Å²) >= 11 is 0. The maximum atomic E-state index is 10.5. The van der Waals surface area contributed by atoms with Crippen molar-refractivity contribution in [3.8, 4) is 11.5 Å². The van der Waals surface area contributed by atoms with Crippen LogP contribution in [0.3, 0.4) is 0 Å². The van der Waals surface area contributed by atoms with Gasteiger partial charge in [-0.2, -0.15) is 0 Å². The Morgan fingerprint density at radius 3 is 2.58 bits per heavy atom. The minimum atomic E-state index is 0.408. The fourth-order valence-electron chi connectivity index (χ4n) is 3.67. The number of carbonyl (C=O) groups is 1. The second-order valence-electron chi connectivity index (χ2n) is 7.90. The molecule has 9 heteroatoms. The molecule has 4 aromatic rings. The number of fused-ring (bicyclic) bond motifs is 2. The SMILES string of the molecule is CN.COCCOc1cc2ncnc(Nc3ccc4occc4c3)c2cc1OCCCCCCC=O. The number of nitrogens with zero attached hydrogens (tertiary/aromatic N) is 2. The lowest BCUT2D eigenvalue weighted by Crippen LogP contribution is -2.07. The van der Waals surface area contributed by atoms with Crippen molar-refractivity contribution in [2.24, 2.45) is 5.73 Å². The van der Waals surface area contributed by atoms with Crippen molar-refractivity contribution in [3.63, 3.8) is 0 Å². The molecule has 2 heterocycles. The molecule has 0 saturated heterocycles. The zero-order valence-corrected chi connectivity index (χ0v) is 20.9. The molecule has 0 aliphatic rings. The number of carbonyl (C=O) groups excluding carboxylic acids is 1. The Morgan fingerprint density at radius 1 is 0.944 bits per heavy atom. The van der Waals surface area contributed by atoms with Crippen molar-refractivity contribution in [3.05, 3.63) is 49.0 Å². The van der Waals surface area contributed by atoms with Gasteiger partial charge in [0.15, 0.2) is 11.5 Å². The summed E-state index contributed by atoms with van der Waals surface area (Å²) in [5, 5.41) is 5.22. The third-order valence-electron chi connectivity index (χ3n) is 5.43. The summed E-state index contributed by atoms with van der Waals surface area (Å²) in [7, 11) is 3.14. The van der Waals surface area contributed by atoms with Gasteiger partial charge in [0.1, 0.15) is 30.6 Å². The van der Waals surface area contributed by atoms with Crippen molar-refractivity contribution >= 4 is 39.7 Å². The van der Waals surface area contributed by atoms with Crippen LogP contribution in [0.5, 0.6) is 11.5 Å². The molecule has 0 bridgehead atoms. The van der Waals surface area contributed by atoms with Crippen LogP contribution in [0.25, 0.3) is 21.9 Å². The molecule has 2 aromatic heterocycles. The Bertz CT molecular complexity index is 1230. The minimum Gasteiger partial charge on any atom is -0.490 e. The number of anilines is 2. The Labute approximate surface area is 210 Å². The monoisotopic (exact) mass is 494 g/mol. The number of aromatic nitrogens is 2. The van der Waals surface area contributed by atoms with Gasteiger partial charge in [-0.15, -0.1) is 0 Å². The van der Waals surface area contributed by atoms with Gasteiger partial charge in [0.2, 0.25) is 0 Å². The van der Waals surface area contributed by atoms with Crippen LogP contribution in [0.1, 0.15) is 32.1 Å². The van der Waals surface area contributed by atoms with E-state index < -0.39 is 0 Å². The number of nitrogens with two attached hydrogens (primary N) is 1. The highest BCUT2D eigenvalue weighted by Crippen LogP contribution is 2.35. The number of rotatable bonds is 14. The van der Waals surface area contributed by atoms with Crippen molar-refractivity contribution in [2.45, 2.75) is 32.1 Å². The second kappa shape index (κ2) is 14.7. The molecule has 0 aliphatic carbocycles. The molecule has 0 spiro atoms. The van der Waals surface area contributed by atoms with E-state index >= 15 is 0 Å². The van der Waals surface area contributed by atoms with Crippen LogP contribution >= 0.6 is 0 Å².